The Morgan fingerprint density at radius 1 is 1.46 bits per heavy atom. The lowest BCUT2D eigenvalue weighted by molar-refractivity contribution is 0.0695. The molecule has 13 heavy (non-hydrogen) atoms. The van der Waals surface area contributed by atoms with Crippen LogP contribution >= 0.6 is 0 Å². The van der Waals surface area contributed by atoms with Crippen LogP contribution in [0.5, 0.6) is 0 Å². The summed E-state index contributed by atoms with van der Waals surface area (Å²) >= 11 is 0. The summed E-state index contributed by atoms with van der Waals surface area (Å²) in [5, 5.41) is 8.82. The van der Waals surface area contributed by atoms with E-state index in [1.807, 2.05) is 0 Å². The van der Waals surface area contributed by atoms with Gasteiger partial charge >= 0.3 is 5.97 Å². The summed E-state index contributed by atoms with van der Waals surface area (Å²) in [6, 6.07) is 2.71. The Morgan fingerprint density at radius 2 is 2.23 bits per heavy atom. The Labute approximate surface area is 74.4 Å². The molecule has 2 rings (SSSR count). The Morgan fingerprint density at radius 3 is 2.92 bits per heavy atom. The number of rotatable bonds is 1. The normalized spacial score (nSPS) is 14.2. The van der Waals surface area contributed by atoms with Crippen LogP contribution in [0.2, 0.25) is 0 Å². The molecule has 0 amide bonds. The first-order chi connectivity index (χ1) is 6.20. The molecular weight excluding hydrogens is 170 g/mol. The number of hydrogen-bond acceptors (Lipinski definition) is 2. The van der Waals surface area contributed by atoms with Crippen LogP contribution in [0.25, 0.3) is 0 Å². The first-order valence-electron chi connectivity index (χ1n) is 4.16. The van der Waals surface area contributed by atoms with Crippen LogP contribution in [-0.2, 0) is 13.0 Å². The highest BCUT2D eigenvalue weighted by Gasteiger charge is 2.18. The van der Waals surface area contributed by atoms with Crippen LogP contribution in [-0.4, -0.2) is 15.6 Å². The minimum Gasteiger partial charge on any atom is -0.478 e. The molecule has 0 aromatic carbocycles. The smallest absolute Gasteiger partial charge is 0.337 e. The molecule has 1 aliphatic heterocycles. The van der Waals surface area contributed by atoms with Gasteiger partial charge in [0.25, 0.3) is 5.56 Å². The van der Waals surface area contributed by atoms with Crippen molar-refractivity contribution in [3.63, 3.8) is 0 Å². The van der Waals surface area contributed by atoms with Gasteiger partial charge < -0.3 is 9.67 Å². The van der Waals surface area contributed by atoms with Crippen LogP contribution in [0.1, 0.15) is 22.5 Å². The van der Waals surface area contributed by atoms with Crippen molar-refractivity contribution >= 4 is 5.97 Å². The molecule has 4 nitrogen and oxygen atoms in total. The van der Waals surface area contributed by atoms with Crippen LogP contribution in [0.15, 0.2) is 16.9 Å². The van der Waals surface area contributed by atoms with Gasteiger partial charge in [-0.15, -0.1) is 0 Å². The zero-order chi connectivity index (χ0) is 9.42. The zero-order valence-electron chi connectivity index (χ0n) is 6.99. The second-order valence-corrected chi connectivity index (χ2v) is 3.09. The maximum Gasteiger partial charge on any atom is 0.337 e. The minimum atomic E-state index is -0.953. The quantitative estimate of drug-likeness (QED) is 0.682. The van der Waals surface area contributed by atoms with Gasteiger partial charge in [0.1, 0.15) is 0 Å². The number of carboxylic acids is 1. The molecular formula is C9H9NO3. The van der Waals surface area contributed by atoms with Crippen LogP contribution < -0.4 is 5.56 Å². The van der Waals surface area contributed by atoms with Crippen molar-refractivity contribution in [3.8, 4) is 0 Å². The second-order valence-electron chi connectivity index (χ2n) is 3.09. The van der Waals surface area contributed by atoms with Crippen LogP contribution in [0.4, 0.5) is 0 Å². The Hall–Kier alpha value is -1.58. The minimum absolute atomic E-state index is 0.0995. The Balaban J connectivity index is 2.69. The van der Waals surface area contributed by atoms with E-state index in [9.17, 15) is 9.59 Å². The highest BCUT2D eigenvalue weighted by Crippen LogP contribution is 2.15. The average Bonchev–Trinajstić information content (AvgIpc) is 2.53. The van der Waals surface area contributed by atoms with Gasteiger partial charge in [0.2, 0.25) is 0 Å². The van der Waals surface area contributed by atoms with Gasteiger partial charge in [-0.25, -0.2) is 4.79 Å². The highest BCUT2D eigenvalue weighted by atomic mass is 16.4. The van der Waals surface area contributed by atoms with E-state index in [1.54, 1.807) is 4.57 Å². The fourth-order valence-electron chi connectivity index (χ4n) is 1.73. The third-order valence-electron chi connectivity index (χ3n) is 2.32. The molecule has 0 unspecified atom stereocenters. The van der Waals surface area contributed by atoms with E-state index in [0.717, 1.165) is 6.42 Å². The first kappa shape index (κ1) is 8.04. The molecule has 68 valence electrons. The molecule has 1 aromatic rings. The summed E-state index contributed by atoms with van der Waals surface area (Å²) in [6.45, 7) is 0.648. The lowest BCUT2D eigenvalue weighted by Gasteiger charge is -2.04. The molecule has 0 saturated heterocycles. The average molecular weight is 179 g/mol. The van der Waals surface area contributed by atoms with Crippen LogP contribution in [0.3, 0.4) is 0 Å². The summed E-state index contributed by atoms with van der Waals surface area (Å²) in [5.74, 6) is -0.953. The van der Waals surface area contributed by atoms with E-state index in [0.29, 0.717) is 18.7 Å². The number of hydrogen-bond donors (Lipinski definition) is 1. The highest BCUT2D eigenvalue weighted by molar-refractivity contribution is 5.88. The fourth-order valence-corrected chi connectivity index (χ4v) is 1.73. The molecule has 2 heterocycles. The van der Waals surface area contributed by atoms with Crippen LogP contribution in [0, 0.1) is 0 Å². The zero-order valence-corrected chi connectivity index (χ0v) is 6.99. The summed E-state index contributed by atoms with van der Waals surface area (Å²) in [5.41, 5.74) is 0.828. The fraction of sp³-hybridized carbons (Fsp3) is 0.333. The molecule has 0 spiro atoms. The Kier molecular flexibility index (Phi) is 1.69. The number of aromatic carboxylic acids is 1. The van der Waals surface area contributed by atoms with Crippen molar-refractivity contribution in [1.29, 1.82) is 0 Å². The van der Waals surface area contributed by atoms with Gasteiger partial charge in [0.05, 0.1) is 5.56 Å². The number of carboxylic acid groups (broad SMARTS) is 1. The number of nitrogens with zero attached hydrogens (tertiary/aromatic N) is 1. The third-order valence-corrected chi connectivity index (χ3v) is 2.32. The SMILES string of the molecule is O=C(O)c1ccc(=O)n2c1CCC2. The number of carbonyl (C=O) groups is 1. The summed E-state index contributed by atoms with van der Waals surface area (Å²) < 4.78 is 1.55. The number of pyridine rings is 1. The van der Waals surface area contributed by atoms with Gasteiger partial charge in [0, 0.05) is 18.3 Å². The molecule has 4 heteroatoms. The maximum absolute atomic E-state index is 11.3. The third kappa shape index (κ3) is 1.14. The van der Waals surface area contributed by atoms with Crippen molar-refractivity contribution in [2.24, 2.45) is 0 Å². The van der Waals surface area contributed by atoms with Gasteiger partial charge in [-0.3, -0.25) is 4.79 Å². The van der Waals surface area contributed by atoms with Gasteiger partial charge in [0.15, 0.2) is 0 Å². The predicted octanol–water partition coefficient (Wildman–Crippen LogP) is 0.493. The van der Waals surface area contributed by atoms with Crippen molar-refractivity contribution in [1.82, 2.24) is 4.57 Å². The number of aromatic nitrogens is 1. The molecule has 0 atom stereocenters. The Bertz CT molecular complexity index is 419. The summed E-state index contributed by atoms with van der Waals surface area (Å²) in [4.78, 5) is 22.0. The van der Waals surface area contributed by atoms with E-state index >= 15 is 0 Å². The first-order valence-corrected chi connectivity index (χ1v) is 4.16. The molecule has 0 radical (unpaired) electrons. The lowest BCUT2D eigenvalue weighted by atomic mass is 10.1. The van der Waals surface area contributed by atoms with E-state index in [-0.39, 0.29) is 11.1 Å². The van der Waals surface area contributed by atoms with Gasteiger partial charge in [-0.05, 0) is 18.9 Å². The van der Waals surface area contributed by atoms with E-state index < -0.39 is 5.97 Å². The van der Waals surface area contributed by atoms with Gasteiger partial charge in [-0.2, -0.15) is 0 Å². The van der Waals surface area contributed by atoms with E-state index in [4.69, 9.17) is 5.11 Å². The van der Waals surface area contributed by atoms with Gasteiger partial charge in [-0.1, -0.05) is 0 Å². The van der Waals surface area contributed by atoms with Crippen molar-refractivity contribution in [3.05, 3.63) is 33.7 Å². The largest absolute Gasteiger partial charge is 0.478 e. The second kappa shape index (κ2) is 2.73. The standard InChI is InChI=1S/C9H9NO3/c11-8-4-3-6(9(12)13)7-2-1-5-10(7)8/h3-4H,1-2,5H2,(H,12,13). The molecule has 0 saturated carbocycles. The van der Waals surface area contributed by atoms with E-state index in [1.165, 1.54) is 12.1 Å². The summed E-state index contributed by atoms with van der Waals surface area (Å²) in [7, 11) is 0. The molecule has 1 aromatic heterocycles. The molecule has 1 aliphatic rings. The monoisotopic (exact) mass is 179 g/mol. The lowest BCUT2D eigenvalue weighted by Crippen LogP contribution is -2.20. The summed E-state index contributed by atoms with van der Waals surface area (Å²) in [6.07, 6.45) is 1.55. The van der Waals surface area contributed by atoms with Crippen molar-refractivity contribution < 1.29 is 9.90 Å². The molecule has 1 N–H and O–H groups in total. The molecule has 0 aliphatic carbocycles. The molecule has 0 fully saturated rings. The van der Waals surface area contributed by atoms with Crippen molar-refractivity contribution in [2.45, 2.75) is 19.4 Å². The van der Waals surface area contributed by atoms with E-state index in [2.05, 4.69) is 0 Å². The van der Waals surface area contributed by atoms with Crippen molar-refractivity contribution in [2.75, 3.05) is 0 Å². The molecule has 0 bridgehead atoms. The predicted molar refractivity (Wildman–Crippen MR) is 46.0 cm³/mol. The number of fused-ring (bicyclic) bond motifs is 1. The maximum atomic E-state index is 11.3. The topological polar surface area (TPSA) is 59.3 Å².